The average molecular weight is 565 g/mol. The first-order chi connectivity index (χ1) is 19.3. The second kappa shape index (κ2) is 13.5. The van der Waals surface area contributed by atoms with Gasteiger partial charge < -0.3 is 20.9 Å². The van der Waals surface area contributed by atoms with Crippen molar-refractivity contribution < 1.29 is 23.2 Å². The van der Waals surface area contributed by atoms with Gasteiger partial charge in [-0.1, -0.05) is 54.6 Å². The van der Waals surface area contributed by atoms with Gasteiger partial charge in [0.1, 0.15) is 12.1 Å². The highest BCUT2D eigenvalue weighted by Crippen LogP contribution is 2.20. The van der Waals surface area contributed by atoms with Crippen molar-refractivity contribution in [2.24, 2.45) is 5.73 Å². The molecule has 0 heterocycles. The minimum atomic E-state index is -1.04. The van der Waals surface area contributed by atoms with Gasteiger partial charge in [-0.05, 0) is 60.4 Å². The van der Waals surface area contributed by atoms with Crippen molar-refractivity contribution in [3.63, 3.8) is 0 Å². The van der Waals surface area contributed by atoms with E-state index in [9.17, 15) is 23.2 Å². The van der Waals surface area contributed by atoms with E-state index in [0.717, 1.165) is 28.5 Å². The smallest absolute Gasteiger partial charge is 0.246 e. The zero-order chi connectivity index (χ0) is 30.3. The predicted octanol–water partition coefficient (Wildman–Crippen LogP) is 3.99. The van der Waals surface area contributed by atoms with Crippen LogP contribution in [0.2, 0.25) is 0 Å². The molecule has 0 unspecified atom stereocenters. The van der Waals surface area contributed by atoms with Crippen molar-refractivity contribution in [3.8, 4) is 0 Å². The van der Waals surface area contributed by atoms with Crippen LogP contribution in [-0.2, 0) is 27.2 Å². The fourth-order valence-electron chi connectivity index (χ4n) is 4.56. The molecule has 0 aliphatic carbocycles. The van der Waals surface area contributed by atoms with E-state index < -0.39 is 41.1 Å². The Kier molecular flexibility index (Phi) is 10.3. The van der Waals surface area contributed by atoms with Crippen LogP contribution in [0.15, 0.2) is 72.8 Å². The summed E-state index contributed by atoms with van der Waals surface area (Å²) in [4.78, 5) is 42.8. The van der Waals surface area contributed by atoms with Gasteiger partial charge in [-0.3, -0.25) is 14.4 Å². The van der Waals surface area contributed by atoms with E-state index in [1.165, 1.54) is 36.0 Å². The quantitative estimate of drug-likeness (QED) is 0.345. The molecule has 0 radical (unpaired) electrons. The highest BCUT2D eigenvalue weighted by molar-refractivity contribution is 5.95. The lowest BCUT2D eigenvalue weighted by atomic mass is 9.98. The molecule has 0 aromatic heterocycles. The SMILES string of the molecule is CNC(=O)[C@@H](Cc1ccc(F)c(F)c1)N(C)C(=O)[C@@H](Cc1ccc2ccccc2c1)N(C)C(=O)/C=C/CC(C)(C)N. The minimum absolute atomic E-state index is 0.0506. The average Bonchev–Trinajstić information content (AvgIpc) is 2.94. The number of nitrogens with zero attached hydrogens (tertiary/aromatic N) is 2. The second-order valence-corrected chi connectivity index (χ2v) is 11.0. The molecule has 0 aliphatic heterocycles. The van der Waals surface area contributed by atoms with Crippen LogP contribution < -0.4 is 11.1 Å². The molecule has 0 bridgehead atoms. The topological polar surface area (TPSA) is 95.7 Å². The van der Waals surface area contributed by atoms with Crippen LogP contribution in [-0.4, -0.2) is 66.3 Å². The Labute approximate surface area is 240 Å². The van der Waals surface area contributed by atoms with E-state index in [0.29, 0.717) is 12.0 Å². The first kappa shape index (κ1) is 31.4. The molecule has 3 N–H and O–H groups in total. The molecule has 0 aliphatic rings. The van der Waals surface area contributed by atoms with Crippen LogP contribution in [0.5, 0.6) is 0 Å². The van der Waals surface area contributed by atoms with Crippen LogP contribution in [0.3, 0.4) is 0 Å². The molecule has 0 fully saturated rings. The molecule has 0 saturated heterocycles. The Morgan fingerprint density at radius 2 is 1.49 bits per heavy atom. The molecule has 3 aromatic rings. The summed E-state index contributed by atoms with van der Waals surface area (Å²) in [6, 6.07) is 15.0. The third kappa shape index (κ3) is 8.44. The summed E-state index contributed by atoms with van der Waals surface area (Å²) in [5, 5.41) is 4.58. The highest BCUT2D eigenvalue weighted by atomic mass is 19.2. The van der Waals surface area contributed by atoms with Crippen molar-refractivity contribution in [1.29, 1.82) is 0 Å². The normalized spacial score (nSPS) is 13.2. The van der Waals surface area contributed by atoms with Gasteiger partial charge in [-0.25, -0.2) is 8.78 Å². The molecule has 2 atom stereocenters. The number of nitrogens with two attached hydrogens (primary N) is 1. The lowest BCUT2D eigenvalue weighted by Crippen LogP contribution is -2.55. The minimum Gasteiger partial charge on any atom is -0.357 e. The standard InChI is InChI=1S/C32H38F2N4O3/c1-32(2,35)16-8-11-29(39)37(4)28(20-21-12-14-23-9-6-7-10-24(23)17-21)31(41)38(5)27(30(40)36-3)19-22-13-15-25(33)26(34)18-22/h6-15,17-18,27-28H,16,19-20,35H2,1-5H3,(H,36,40)/b11-8+/t27-,28-/m1/s1. The molecular formula is C32H38F2N4O3. The summed E-state index contributed by atoms with van der Waals surface area (Å²) in [6.45, 7) is 3.69. The number of carbonyl (C=O) groups is 3. The molecule has 3 amide bonds. The number of hydrogen-bond acceptors (Lipinski definition) is 4. The Balaban J connectivity index is 1.95. The van der Waals surface area contributed by atoms with Crippen molar-refractivity contribution in [2.75, 3.05) is 21.1 Å². The molecule has 7 nitrogen and oxygen atoms in total. The van der Waals surface area contributed by atoms with Crippen LogP contribution in [0.25, 0.3) is 10.8 Å². The van der Waals surface area contributed by atoms with E-state index in [1.807, 2.05) is 56.3 Å². The second-order valence-electron chi connectivity index (χ2n) is 11.0. The van der Waals surface area contributed by atoms with Crippen LogP contribution in [0.4, 0.5) is 8.78 Å². The van der Waals surface area contributed by atoms with Crippen molar-refractivity contribution >= 4 is 28.5 Å². The summed E-state index contributed by atoms with van der Waals surface area (Å²) >= 11 is 0. The molecular weight excluding hydrogens is 526 g/mol. The Morgan fingerprint density at radius 3 is 2.12 bits per heavy atom. The van der Waals surface area contributed by atoms with Crippen molar-refractivity contribution in [3.05, 3.63) is 95.6 Å². The van der Waals surface area contributed by atoms with Gasteiger partial charge in [0.15, 0.2) is 11.6 Å². The Bertz CT molecular complexity index is 1430. The number of benzene rings is 3. The fourth-order valence-corrected chi connectivity index (χ4v) is 4.56. The van der Waals surface area contributed by atoms with E-state index >= 15 is 0 Å². The first-order valence-electron chi connectivity index (χ1n) is 13.4. The number of carbonyl (C=O) groups excluding carboxylic acids is 3. The predicted molar refractivity (Wildman–Crippen MR) is 157 cm³/mol. The van der Waals surface area contributed by atoms with Gasteiger partial charge in [-0.15, -0.1) is 0 Å². The fraction of sp³-hybridized carbons (Fsp3) is 0.344. The number of amides is 3. The maximum Gasteiger partial charge on any atom is 0.246 e. The summed E-state index contributed by atoms with van der Waals surface area (Å²) in [5.74, 6) is -3.39. The molecule has 9 heteroatoms. The maximum absolute atomic E-state index is 14.0. The maximum atomic E-state index is 14.0. The van der Waals surface area contributed by atoms with Gasteiger partial charge >= 0.3 is 0 Å². The molecule has 3 aromatic carbocycles. The number of hydrogen-bond donors (Lipinski definition) is 2. The lowest BCUT2D eigenvalue weighted by Gasteiger charge is -2.34. The number of halogens is 2. The number of nitrogens with one attached hydrogen (secondary N) is 1. The van der Waals surface area contributed by atoms with Crippen molar-refractivity contribution in [1.82, 2.24) is 15.1 Å². The Morgan fingerprint density at radius 1 is 0.878 bits per heavy atom. The Hall–Kier alpha value is -4.11. The third-order valence-electron chi connectivity index (χ3n) is 7.02. The summed E-state index contributed by atoms with van der Waals surface area (Å²) in [7, 11) is 4.45. The zero-order valence-electron chi connectivity index (χ0n) is 24.2. The van der Waals surface area contributed by atoms with Gasteiger partial charge in [0.25, 0.3) is 0 Å². The summed E-state index contributed by atoms with van der Waals surface area (Å²) < 4.78 is 27.4. The van der Waals surface area contributed by atoms with Gasteiger partial charge in [0.2, 0.25) is 17.7 Å². The van der Waals surface area contributed by atoms with Crippen LogP contribution in [0.1, 0.15) is 31.4 Å². The van der Waals surface area contributed by atoms with E-state index in [1.54, 1.807) is 13.1 Å². The summed E-state index contributed by atoms with van der Waals surface area (Å²) in [5.41, 5.74) is 6.71. The molecule has 0 saturated carbocycles. The highest BCUT2D eigenvalue weighted by Gasteiger charge is 2.34. The third-order valence-corrected chi connectivity index (χ3v) is 7.02. The molecule has 3 rings (SSSR count). The molecule has 0 spiro atoms. The number of rotatable bonds is 11. The van der Waals surface area contributed by atoms with Crippen LogP contribution >= 0.6 is 0 Å². The first-order valence-corrected chi connectivity index (χ1v) is 13.4. The monoisotopic (exact) mass is 564 g/mol. The van der Waals surface area contributed by atoms with Crippen molar-refractivity contribution in [2.45, 2.75) is 50.7 Å². The van der Waals surface area contributed by atoms with E-state index in [2.05, 4.69) is 5.32 Å². The molecule has 41 heavy (non-hydrogen) atoms. The van der Waals surface area contributed by atoms with Gasteiger partial charge in [-0.2, -0.15) is 0 Å². The van der Waals surface area contributed by atoms with E-state index in [4.69, 9.17) is 5.73 Å². The molecule has 218 valence electrons. The largest absolute Gasteiger partial charge is 0.357 e. The van der Waals surface area contributed by atoms with Crippen LogP contribution in [0, 0.1) is 11.6 Å². The number of likely N-dealkylation sites (N-methyl/N-ethyl adjacent to an activating group) is 3. The lowest BCUT2D eigenvalue weighted by molar-refractivity contribution is -0.146. The van der Waals surface area contributed by atoms with Gasteiger partial charge in [0, 0.05) is 39.5 Å². The summed E-state index contributed by atoms with van der Waals surface area (Å²) in [6.07, 6.45) is 3.68. The van der Waals surface area contributed by atoms with Gasteiger partial charge in [0.05, 0.1) is 0 Å². The number of fused-ring (bicyclic) bond motifs is 1. The van der Waals surface area contributed by atoms with E-state index in [-0.39, 0.29) is 18.7 Å². The zero-order valence-corrected chi connectivity index (χ0v) is 24.2.